The van der Waals surface area contributed by atoms with E-state index in [2.05, 4.69) is 14.7 Å². The summed E-state index contributed by atoms with van der Waals surface area (Å²) in [6.07, 6.45) is 3.91. The minimum absolute atomic E-state index is 0.00964. The molecule has 3 rings (SSSR count). The normalized spacial score (nSPS) is 17.3. The number of hydrogen-bond acceptors (Lipinski definition) is 6. The number of pyridine rings is 1. The highest BCUT2D eigenvalue weighted by Gasteiger charge is 2.26. The van der Waals surface area contributed by atoms with Gasteiger partial charge in [0.05, 0.1) is 6.54 Å². The number of likely N-dealkylation sites (tertiary alicyclic amines) is 1. The summed E-state index contributed by atoms with van der Waals surface area (Å²) in [7, 11) is -2.07. The molecule has 29 heavy (non-hydrogen) atoms. The third kappa shape index (κ3) is 5.30. The van der Waals surface area contributed by atoms with Crippen LogP contribution in [-0.2, 0) is 21.9 Å². The van der Waals surface area contributed by atoms with Gasteiger partial charge in [0.15, 0.2) is 10.8 Å². The summed E-state index contributed by atoms with van der Waals surface area (Å²) in [6.45, 7) is 2.53. The van der Waals surface area contributed by atoms with Gasteiger partial charge in [-0.3, -0.25) is 4.79 Å². The SMILES string of the molecule is Cc1nc(S(=O)(=O)NCCC(=O)N2CCCC(Oc3ncccc3F)C2)cn1C. The van der Waals surface area contributed by atoms with Gasteiger partial charge in [-0.15, -0.1) is 0 Å². The number of sulfonamides is 1. The van der Waals surface area contributed by atoms with Crippen molar-refractivity contribution in [2.45, 2.75) is 37.3 Å². The fraction of sp³-hybridized carbons (Fsp3) is 0.500. The molecule has 0 radical (unpaired) electrons. The molecule has 0 spiro atoms. The van der Waals surface area contributed by atoms with Crippen LogP contribution in [0, 0.1) is 12.7 Å². The highest BCUT2D eigenvalue weighted by atomic mass is 32.2. The number of rotatable bonds is 7. The highest BCUT2D eigenvalue weighted by molar-refractivity contribution is 7.89. The lowest BCUT2D eigenvalue weighted by Crippen LogP contribution is -2.45. The molecule has 2 aromatic heterocycles. The molecule has 158 valence electrons. The Labute approximate surface area is 169 Å². The smallest absolute Gasteiger partial charge is 0.259 e. The minimum Gasteiger partial charge on any atom is -0.470 e. The van der Waals surface area contributed by atoms with E-state index in [-0.39, 0.29) is 35.9 Å². The average Bonchev–Trinajstić information content (AvgIpc) is 3.03. The van der Waals surface area contributed by atoms with E-state index in [1.165, 1.54) is 24.5 Å². The van der Waals surface area contributed by atoms with Gasteiger partial charge in [-0.05, 0) is 31.9 Å². The summed E-state index contributed by atoms with van der Waals surface area (Å²) < 4.78 is 47.8. The zero-order valence-corrected chi connectivity index (χ0v) is 17.2. The maximum Gasteiger partial charge on any atom is 0.259 e. The van der Waals surface area contributed by atoms with E-state index in [4.69, 9.17) is 4.74 Å². The van der Waals surface area contributed by atoms with E-state index in [0.717, 1.165) is 0 Å². The zero-order chi connectivity index (χ0) is 21.0. The molecule has 0 saturated carbocycles. The van der Waals surface area contributed by atoms with Gasteiger partial charge >= 0.3 is 0 Å². The van der Waals surface area contributed by atoms with Crippen molar-refractivity contribution in [3.8, 4) is 5.88 Å². The molecule has 1 saturated heterocycles. The van der Waals surface area contributed by atoms with E-state index in [0.29, 0.717) is 31.8 Å². The number of ether oxygens (including phenoxy) is 1. The molecule has 1 fully saturated rings. The number of hydrogen-bond donors (Lipinski definition) is 1. The average molecular weight is 425 g/mol. The number of nitrogens with one attached hydrogen (secondary N) is 1. The Morgan fingerprint density at radius 2 is 2.24 bits per heavy atom. The number of nitrogens with zero attached hydrogens (tertiary/aromatic N) is 4. The maximum absolute atomic E-state index is 13.7. The molecule has 1 aliphatic rings. The number of aromatic nitrogens is 3. The topological polar surface area (TPSA) is 106 Å². The van der Waals surface area contributed by atoms with Gasteiger partial charge in [-0.1, -0.05) is 0 Å². The van der Waals surface area contributed by atoms with Crippen LogP contribution in [0.5, 0.6) is 5.88 Å². The van der Waals surface area contributed by atoms with Gasteiger partial charge in [0, 0.05) is 39.0 Å². The lowest BCUT2D eigenvalue weighted by atomic mass is 10.1. The molecule has 2 aromatic rings. The molecule has 9 nitrogen and oxygen atoms in total. The molecule has 1 atom stereocenters. The summed E-state index contributed by atoms with van der Waals surface area (Å²) in [6, 6.07) is 2.75. The first-order valence-corrected chi connectivity index (χ1v) is 10.8. The number of piperidine rings is 1. The monoisotopic (exact) mass is 425 g/mol. The quantitative estimate of drug-likeness (QED) is 0.709. The number of amides is 1. The number of imidazole rings is 1. The van der Waals surface area contributed by atoms with Gasteiger partial charge < -0.3 is 14.2 Å². The summed E-state index contributed by atoms with van der Waals surface area (Å²) in [4.78, 5) is 21.9. The van der Waals surface area contributed by atoms with Gasteiger partial charge in [0.2, 0.25) is 5.91 Å². The standard InChI is InChI=1S/C18H24FN5O4S/c1-13-22-16(12-23(13)2)29(26,27)21-9-7-17(25)24-10-4-5-14(11-24)28-18-15(19)6-3-8-20-18/h3,6,8,12,14,21H,4-5,7,9-11H2,1-2H3. The number of halogens is 1. The first-order valence-electron chi connectivity index (χ1n) is 9.31. The van der Waals surface area contributed by atoms with E-state index in [1.807, 2.05) is 0 Å². The van der Waals surface area contributed by atoms with Crippen molar-refractivity contribution in [3.05, 3.63) is 36.2 Å². The lowest BCUT2D eigenvalue weighted by Gasteiger charge is -2.32. The van der Waals surface area contributed by atoms with Crippen LogP contribution < -0.4 is 9.46 Å². The van der Waals surface area contributed by atoms with Crippen LogP contribution in [-0.4, -0.2) is 59.5 Å². The van der Waals surface area contributed by atoms with Crippen LogP contribution in [0.25, 0.3) is 0 Å². The van der Waals surface area contributed by atoms with Crippen molar-refractivity contribution in [2.24, 2.45) is 7.05 Å². The van der Waals surface area contributed by atoms with Crippen molar-refractivity contribution in [1.82, 2.24) is 24.2 Å². The van der Waals surface area contributed by atoms with Crippen LogP contribution in [0.4, 0.5) is 4.39 Å². The fourth-order valence-electron chi connectivity index (χ4n) is 3.06. The van der Waals surface area contributed by atoms with E-state index >= 15 is 0 Å². The first-order chi connectivity index (χ1) is 13.8. The van der Waals surface area contributed by atoms with Crippen molar-refractivity contribution >= 4 is 15.9 Å². The molecular formula is C18H24FN5O4S. The Morgan fingerprint density at radius 3 is 2.93 bits per heavy atom. The van der Waals surface area contributed by atoms with Crippen LogP contribution in [0.1, 0.15) is 25.1 Å². The Balaban J connectivity index is 1.50. The second-order valence-electron chi connectivity index (χ2n) is 6.90. The van der Waals surface area contributed by atoms with E-state index in [9.17, 15) is 17.6 Å². The first kappa shape index (κ1) is 21.2. The number of carbonyl (C=O) groups is 1. The van der Waals surface area contributed by atoms with E-state index < -0.39 is 15.8 Å². The van der Waals surface area contributed by atoms with E-state index in [1.54, 1.807) is 23.4 Å². The fourth-order valence-corrected chi connectivity index (χ4v) is 4.12. The van der Waals surface area contributed by atoms with Crippen LogP contribution in [0.15, 0.2) is 29.6 Å². The second kappa shape index (κ2) is 8.87. The summed E-state index contributed by atoms with van der Waals surface area (Å²) in [5, 5.41) is -0.0752. The summed E-state index contributed by atoms with van der Waals surface area (Å²) >= 11 is 0. The van der Waals surface area contributed by atoms with Crippen molar-refractivity contribution in [2.75, 3.05) is 19.6 Å². The Morgan fingerprint density at radius 1 is 1.45 bits per heavy atom. The van der Waals surface area contributed by atoms with Crippen molar-refractivity contribution in [3.63, 3.8) is 0 Å². The summed E-state index contributed by atoms with van der Waals surface area (Å²) in [5.41, 5.74) is 0. The summed E-state index contributed by atoms with van der Waals surface area (Å²) in [5.74, 6) is -0.245. The largest absolute Gasteiger partial charge is 0.470 e. The highest BCUT2D eigenvalue weighted by Crippen LogP contribution is 2.19. The molecule has 1 amide bonds. The van der Waals surface area contributed by atoms with Crippen LogP contribution >= 0.6 is 0 Å². The Kier molecular flexibility index (Phi) is 6.48. The van der Waals surface area contributed by atoms with Crippen molar-refractivity contribution in [1.29, 1.82) is 0 Å². The van der Waals surface area contributed by atoms with Gasteiger partial charge in [0.25, 0.3) is 15.9 Å². The predicted molar refractivity (Wildman–Crippen MR) is 102 cm³/mol. The number of carbonyl (C=O) groups excluding carboxylic acids is 1. The van der Waals surface area contributed by atoms with Gasteiger partial charge in [-0.2, -0.15) is 0 Å². The molecule has 0 bridgehead atoms. The predicted octanol–water partition coefficient (Wildman–Crippen LogP) is 1.00. The minimum atomic E-state index is -3.77. The molecule has 3 heterocycles. The van der Waals surface area contributed by atoms with Crippen LogP contribution in [0.3, 0.4) is 0 Å². The van der Waals surface area contributed by atoms with Gasteiger partial charge in [0.1, 0.15) is 11.9 Å². The van der Waals surface area contributed by atoms with Gasteiger partial charge in [-0.25, -0.2) is 27.5 Å². The molecule has 0 aromatic carbocycles. The van der Waals surface area contributed by atoms with Crippen LogP contribution in [0.2, 0.25) is 0 Å². The van der Waals surface area contributed by atoms with Crippen molar-refractivity contribution < 1.29 is 22.3 Å². The molecule has 1 aliphatic heterocycles. The molecule has 11 heteroatoms. The third-order valence-electron chi connectivity index (χ3n) is 4.73. The number of aryl methyl sites for hydroxylation is 2. The molecule has 0 aliphatic carbocycles. The Hall–Kier alpha value is -2.53. The molecule has 1 unspecified atom stereocenters. The second-order valence-corrected chi connectivity index (χ2v) is 8.61. The third-order valence-corrected chi connectivity index (χ3v) is 6.06. The molecular weight excluding hydrogens is 401 g/mol. The maximum atomic E-state index is 13.7. The molecule has 1 N–H and O–H groups in total. The lowest BCUT2D eigenvalue weighted by molar-refractivity contribution is -0.133. The zero-order valence-electron chi connectivity index (χ0n) is 16.3. The Bertz CT molecular complexity index is 959.